The third-order valence-corrected chi connectivity index (χ3v) is 2.45. The lowest BCUT2D eigenvalue weighted by Gasteiger charge is -2.21. The summed E-state index contributed by atoms with van der Waals surface area (Å²) in [4.78, 5) is 1.95. The second-order valence-corrected chi connectivity index (χ2v) is 4.04. The Bertz CT molecular complexity index is 451. The molecule has 1 unspecified atom stereocenters. The summed E-state index contributed by atoms with van der Waals surface area (Å²) in [5.74, 6) is -0.0437. The third-order valence-electron chi connectivity index (χ3n) is 2.45. The maximum atomic E-state index is 9.04. The van der Waals surface area contributed by atoms with E-state index in [1.54, 1.807) is 0 Å². The molecule has 1 rings (SSSR count). The molecule has 0 amide bonds. The van der Waals surface area contributed by atoms with Crippen LogP contribution in [0.5, 0.6) is 0 Å². The summed E-state index contributed by atoms with van der Waals surface area (Å²) in [6, 6.07) is 10.1. The minimum Gasteiger partial charge on any atom is -0.372 e. The van der Waals surface area contributed by atoms with E-state index >= 15 is 0 Å². The summed E-state index contributed by atoms with van der Waals surface area (Å²) in [7, 11) is 1.90. The van der Waals surface area contributed by atoms with Crippen molar-refractivity contribution in [3.05, 3.63) is 29.3 Å². The van der Waals surface area contributed by atoms with Crippen LogP contribution in [-0.2, 0) is 0 Å². The highest BCUT2D eigenvalue weighted by molar-refractivity contribution is 5.60. The van der Waals surface area contributed by atoms with E-state index in [2.05, 4.69) is 12.1 Å². The molecule has 82 valence electrons. The smallest absolute Gasteiger partial charge is 0.101 e. The van der Waals surface area contributed by atoms with Crippen molar-refractivity contribution in [2.45, 2.75) is 13.8 Å². The number of benzene rings is 1. The van der Waals surface area contributed by atoms with Crippen LogP contribution in [0.25, 0.3) is 0 Å². The van der Waals surface area contributed by atoms with Gasteiger partial charge in [0.05, 0.1) is 23.2 Å². The summed E-state index contributed by atoms with van der Waals surface area (Å²) in [5, 5.41) is 17.8. The summed E-state index contributed by atoms with van der Waals surface area (Å²) in [6.07, 6.45) is 0. The van der Waals surface area contributed by atoms with Crippen LogP contribution in [0.1, 0.15) is 18.1 Å². The van der Waals surface area contributed by atoms with Crippen LogP contribution in [0.15, 0.2) is 18.2 Å². The van der Waals surface area contributed by atoms with E-state index in [-0.39, 0.29) is 5.92 Å². The molecule has 0 bridgehead atoms. The second-order valence-electron chi connectivity index (χ2n) is 4.04. The van der Waals surface area contributed by atoms with Gasteiger partial charge in [-0.1, -0.05) is 6.07 Å². The fraction of sp³-hybridized carbons (Fsp3) is 0.385. The van der Waals surface area contributed by atoms with Gasteiger partial charge in [0.2, 0.25) is 0 Å². The molecular weight excluding hydrogens is 198 g/mol. The Kier molecular flexibility index (Phi) is 3.91. The summed E-state index contributed by atoms with van der Waals surface area (Å²) in [6.45, 7) is 4.47. The minimum atomic E-state index is -0.0437. The van der Waals surface area contributed by atoms with Crippen molar-refractivity contribution in [2.24, 2.45) is 5.92 Å². The zero-order valence-corrected chi connectivity index (χ0v) is 9.86. The largest absolute Gasteiger partial charge is 0.372 e. The first-order chi connectivity index (χ1) is 7.58. The number of hydrogen-bond acceptors (Lipinski definition) is 3. The molecule has 0 saturated carbocycles. The molecule has 0 fully saturated rings. The molecule has 3 nitrogen and oxygen atoms in total. The molecule has 1 aromatic carbocycles. The molecule has 0 saturated heterocycles. The Morgan fingerprint density at radius 1 is 1.38 bits per heavy atom. The van der Waals surface area contributed by atoms with Crippen LogP contribution in [0.3, 0.4) is 0 Å². The lowest BCUT2D eigenvalue weighted by Crippen LogP contribution is -2.23. The van der Waals surface area contributed by atoms with Gasteiger partial charge in [0.15, 0.2) is 0 Å². The Hall–Kier alpha value is -2.00. The predicted octanol–water partition coefficient (Wildman–Crippen LogP) is 2.46. The van der Waals surface area contributed by atoms with Gasteiger partial charge < -0.3 is 4.90 Å². The first-order valence-corrected chi connectivity index (χ1v) is 5.20. The molecule has 0 heterocycles. The molecule has 0 aliphatic carbocycles. The van der Waals surface area contributed by atoms with Gasteiger partial charge in [-0.3, -0.25) is 0 Å². The number of anilines is 1. The van der Waals surface area contributed by atoms with Crippen LogP contribution in [-0.4, -0.2) is 13.6 Å². The average molecular weight is 213 g/mol. The van der Waals surface area contributed by atoms with Gasteiger partial charge in [0.1, 0.15) is 6.07 Å². The van der Waals surface area contributed by atoms with Crippen LogP contribution in [0.2, 0.25) is 0 Å². The van der Waals surface area contributed by atoms with Crippen LogP contribution >= 0.6 is 0 Å². The fourth-order valence-corrected chi connectivity index (χ4v) is 1.62. The SMILES string of the molecule is Cc1ccc(N(C)CC(C)C#N)c(C#N)c1. The molecule has 0 aliphatic rings. The molecule has 16 heavy (non-hydrogen) atoms. The van der Waals surface area contributed by atoms with Gasteiger partial charge in [0, 0.05) is 13.6 Å². The van der Waals surface area contributed by atoms with Gasteiger partial charge in [0.25, 0.3) is 0 Å². The van der Waals surface area contributed by atoms with Gasteiger partial charge in [-0.2, -0.15) is 10.5 Å². The first-order valence-electron chi connectivity index (χ1n) is 5.20. The molecular formula is C13H15N3. The van der Waals surface area contributed by atoms with Crippen molar-refractivity contribution in [1.82, 2.24) is 0 Å². The monoisotopic (exact) mass is 213 g/mol. The Balaban J connectivity index is 2.96. The lowest BCUT2D eigenvalue weighted by molar-refractivity contribution is 0.716. The number of hydrogen-bond donors (Lipinski definition) is 0. The zero-order chi connectivity index (χ0) is 12.1. The van der Waals surface area contributed by atoms with Crippen LogP contribution in [0.4, 0.5) is 5.69 Å². The van der Waals surface area contributed by atoms with Gasteiger partial charge >= 0.3 is 0 Å². The highest BCUT2D eigenvalue weighted by Gasteiger charge is 2.10. The molecule has 0 aromatic heterocycles. The molecule has 0 N–H and O–H groups in total. The highest BCUT2D eigenvalue weighted by atomic mass is 15.1. The number of aryl methyl sites for hydroxylation is 1. The van der Waals surface area contributed by atoms with E-state index in [0.717, 1.165) is 11.3 Å². The van der Waals surface area contributed by atoms with E-state index in [0.29, 0.717) is 12.1 Å². The van der Waals surface area contributed by atoms with Crippen molar-refractivity contribution in [1.29, 1.82) is 10.5 Å². The molecule has 1 aromatic rings. The normalized spacial score (nSPS) is 11.3. The quantitative estimate of drug-likeness (QED) is 0.775. The van der Waals surface area contributed by atoms with E-state index in [1.807, 2.05) is 44.0 Å². The predicted molar refractivity (Wildman–Crippen MR) is 63.9 cm³/mol. The molecule has 3 heteroatoms. The Morgan fingerprint density at radius 3 is 2.62 bits per heavy atom. The van der Waals surface area contributed by atoms with Crippen molar-refractivity contribution in [3.8, 4) is 12.1 Å². The zero-order valence-electron chi connectivity index (χ0n) is 9.86. The molecule has 0 aliphatic heterocycles. The Labute approximate surface area is 96.5 Å². The van der Waals surface area contributed by atoms with Crippen molar-refractivity contribution in [3.63, 3.8) is 0 Å². The topological polar surface area (TPSA) is 50.8 Å². The highest BCUT2D eigenvalue weighted by Crippen LogP contribution is 2.20. The van der Waals surface area contributed by atoms with Crippen molar-refractivity contribution in [2.75, 3.05) is 18.5 Å². The third kappa shape index (κ3) is 2.74. The van der Waals surface area contributed by atoms with Crippen LogP contribution < -0.4 is 4.90 Å². The maximum Gasteiger partial charge on any atom is 0.101 e. The molecule has 0 spiro atoms. The number of nitrogens with zero attached hydrogens (tertiary/aromatic N) is 3. The van der Waals surface area contributed by atoms with Crippen molar-refractivity contribution >= 4 is 5.69 Å². The van der Waals surface area contributed by atoms with E-state index in [9.17, 15) is 0 Å². The average Bonchev–Trinajstić information content (AvgIpc) is 2.28. The molecule has 1 atom stereocenters. The number of rotatable bonds is 3. The van der Waals surface area contributed by atoms with Crippen molar-refractivity contribution < 1.29 is 0 Å². The summed E-state index contributed by atoms with van der Waals surface area (Å²) < 4.78 is 0. The van der Waals surface area contributed by atoms with Crippen LogP contribution in [0, 0.1) is 35.5 Å². The second kappa shape index (κ2) is 5.19. The van der Waals surface area contributed by atoms with E-state index in [4.69, 9.17) is 10.5 Å². The minimum absolute atomic E-state index is 0.0437. The summed E-state index contributed by atoms with van der Waals surface area (Å²) >= 11 is 0. The fourth-order valence-electron chi connectivity index (χ4n) is 1.62. The Morgan fingerprint density at radius 2 is 2.06 bits per heavy atom. The van der Waals surface area contributed by atoms with Gasteiger partial charge in [-0.25, -0.2) is 0 Å². The standard InChI is InChI=1S/C13H15N3/c1-10-4-5-13(12(6-10)8-15)16(3)9-11(2)7-14/h4-6,11H,9H2,1-3H3. The van der Waals surface area contributed by atoms with E-state index in [1.165, 1.54) is 0 Å². The molecule has 0 radical (unpaired) electrons. The number of nitriles is 2. The lowest BCUT2D eigenvalue weighted by atomic mass is 10.1. The van der Waals surface area contributed by atoms with Gasteiger partial charge in [-0.05, 0) is 31.5 Å². The summed E-state index contributed by atoms with van der Waals surface area (Å²) in [5.41, 5.74) is 2.62. The maximum absolute atomic E-state index is 9.04. The van der Waals surface area contributed by atoms with Gasteiger partial charge in [-0.15, -0.1) is 0 Å². The first kappa shape index (κ1) is 12.1. The van der Waals surface area contributed by atoms with E-state index < -0.39 is 0 Å².